The van der Waals surface area contributed by atoms with Gasteiger partial charge in [0.15, 0.2) is 0 Å². The van der Waals surface area contributed by atoms with Gasteiger partial charge in [-0.3, -0.25) is 4.40 Å². The normalized spacial score (nSPS) is 16.3. The lowest BCUT2D eigenvalue weighted by Gasteiger charge is -2.21. The van der Waals surface area contributed by atoms with Gasteiger partial charge in [0.25, 0.3) is 0 Å². The summed E-state index contributed by atoms with van der Waals surface area (Å²) in [6.07, 6.45) is 6.46. The lowest BCUT2D eigenvalue weighted by atomic mass is 9.88. The lowest BCUT2D eigenvalue weighted by Crippen LogP contribution is -2.09. The van der Waals surface area contributed by atoms with Gasteiger partial charge in [-0.15, -0.1) is 0 Å². The van der Waals surface area contributed by atoms with Gasteiger partial charge in [0.2, 0.25) is 0 Å². The van der Waals surface area contributed by atoms with Crippen LogP contribution in [0.15, 0.2) is 18.2 Å². The Morgan fingerprint density at radius 1 is 1.04 bits per heavy atom. The van der Waals surface area contributed by atoms with Crippen molar-refractivity contribution >= 4 is 16.6 Å². The number of hydrogen-bond acceptors (Lipinski definition) is 3. The van der Waals surface area contributed by atoms with E-state index in [1.54, 1.807) is 7.11 Å². The summed E-state index contributed by atoms with van der Waals surface area (Å²) < 4.78 is 7.77. The van der Waals surface area contributed by atoms with Gasteiger partial charge in [-0.1, -0.05) is 19.3 Å². The molecule has 0 amide bonds. The third-order valence-corrected chi connectivity index (χ3v) is 5.10. The fourth-order valence-electron chi connectivity index (χ4n) is 3.99. The van der Waals surface area contributed by atoms with Gasteiger partial charge in [0.05, 0.1) is 35.0 Å². The molecule has 0 N–H and O–H groups in total. The van der Waals surface area contributed by atoms with Crippen molar-refractivity contribution in [1.82, 2.24) is 14.4 Å². The summed E-state index contributed by atoms with van der Waals surface area (Å²) in [5.41, 5.74) is 5.40. The summed E-state index contributed by atoms with van der Waals surface area (Å²) >= 11 is 0. The molecule has 3 aromatic rings. The fraction of sp³-hybridized carbons (Fsp3) is 0.474. The average Bonchev–Trinajstić information content (AvgIpc) is 2.94. The molecule has 1 aliphatic carbocycles. The van der Waals surface area contributed by atoms with Crippen LogP contribution < -0.4 is 4.74 Å². The molecule has 2 heterocycles. The van der Waals surface area contributed by atoms with E-state index in [0.29, 0.717) is 5.92 Å². The van der Waals surface area contributed by atoms with Crippen molar-refractivity contribution in [1.29, 1.82) is 0 Å². The molecule has 4 heteroatoms. The minimum absolute atomic E-state index is 0.557. The molecule has 1 aliphatic rings. The van der Waals surface area contributed by atoms with Crippen LogP contribution in [0.5, 0.6) is 5.75 Å². The first kappa shape index (κ1) is 14.5. The van der Waals surface area contributed by atoms with E-state index >= 15 is 0 Å². The number of nitrogens with zero attached hydrogens (tertiary/aromatic N) is 3. The number of aromatic nitrogens is 3. The molecule has 1 aromatic carbocycles. The van der Waals surface area contributed by atoms with E-state index in [4.69, 9.17) is 14.7 Å². The van der Waals surface area contributed by atoms with Crippen molar-refractivity contribution in [2.75, 3.05) is 7.11 Å². The zero-order valence-electron chi connectivity index (χ0n) is 14.1. The van der Waals surface area contributed by atoms with Crippen molar-refractivity contribution in [2.24, 2.45) is 0 Å². The second kappa shape index (κ2) is 5.52. The molecule has 0 saturated heterocycles. The van der Waals surface area contributed by atoms with E-state index in [0.717, 1.165) is 33.7 Å². The van der Waals surface area contributed by atoms with Crippen LogP contribution >= 0.6 is 0 Å². The fourth-order valence-corrected chi connectivity index (χ4v) is 3.99. The van der Waals surface area contributed by atoms with Crippen LogP contribution in [0.2, 0.25) is 0 Å². The minimum atomic E-state index is 0.557. The summed E-state index contributed by atoms with van der Waals surface area (Å²) in [5, 5.41) is 0. The number of fused-ring (bicyclic) bond motifs is 3. The Bertz CT molecular complexity index is 875. The minimum Gasteiger partial charge on any atom is -0.497 e. The average molecular weight is 309 g/mol. The third-order valence-electron chi connectivity index (χ3n) is 5.10. The molecule has 0 unspecified atom stereocenters. The smallest absolute Gasteiger partial charge is 0.121 e. The zero-order valence-corrected chi connectivity index (χ0v) is 14.1. The van der Waals surface area contributed by atoms with Crippen LogP contribution in [0.4, 0.5) is 0 Å². The highest BCUT2D eigenvalue weighted by molar-refractivity contribution is 5.82. The number of benzene rings is 1. The van der Waals surface area contributed by atoms with Gasteiger partial charge in [0.1, 0.15) is 11.6 Å². The predicted octanol–water partition coefficient (Wildman–Crippen LogP) is 4.56. The van der Waals surface area contributed by atoms with Gasteiger partial charge in [0, 0.05) is 12.0 Å². The highest BCUT2D eigenvalue weighted by atomic mass is 16.5. The Morgan fingerprint density at radius 2 is 1.78 bits per heavy atom. The maximum Gasteiger partial charge on any atom is 0.121 e. The SMILES string of the molecule is COc1ccc2nc(C)c3c(C)nc(C4CCCCC4)n3c2c1. The molecule has 4 nitrogen and oxygen atoms in total. The second-order valence-electron chi connectivity index (χ2n) is 6.63. The first-order valence-electron chi connectivity index (χ1n) is 8.52. The summed E-state index contributed by atoms with van der Waals surface area (Å²) in [4.78, 5) is 9.74. The van der Waals surface area contributed by atoms with E-state index in [-0.39, 0.29) is 0 Å². The molecule has 120 valence electrons. The second-order valence-corrected chi connectivity index (χ2v) is 6.63. The van der Waals surface area contributed by atoms with Crippen LogP contribution in [0, 0.1) is 13.8 Å². The monoisotopic (exact) mass is 309 g/mol. The van der Waals surface area contributed by atoms with Gasteiger partial charge in [-0.25, -0.2) is 9.97 Å². The van der Waals surface area contributed by atoms with Crippen molar-refractivity contribution in [3.05, 3.63) is 35.4 Å². The summed E-state index contributed by atoms with van der Waals surface area (Å²) in [7, 11) is 1.71. The molecule has 0 aliphatic heterocycles. The molecular weight excluding hydrogens is 286 g/mol. The van der Waals surface area contributed by atoms with Gasteiger partial charge < -0.3 is 4.74 Å². The van der Waals surface area contributed by atoms with Crippen LogP contribution in [0.3, 0.4) is 0 Å². The Morgan fingerprint density at radius 3 is 2.52 bits per heavy atom. The van der Waals surface area contributed by atoms with Gasteiger partial charge >= 0.3 is 0 Å². The van der Waals surface area contributed by atoms with Crippen molar-refractivity contribution in [2.45, 2.75) is 51.9 Å². The highest BCUT2D eigenvalue weighted by Gasteiger charge is 2.23. The van der Waals surface area contributed by atoms with E-state index in [1.807, 2.05) is 12.1 Å². The molecule has 0 radical (unpaired) electrons. The molecule has 0 atom stereocenters. The third kappa shape index (κ3) is 2.28. The quantitative estimate of drug-likeness (QED) is 0.697. The summed E-state index contributed by atoms with van der Waals surface area (Å²) in [6, 6.07) is 6.10. The number of methoxy groups -OCH3 is 1. The number of aryl methyl sites for hydroxylation is 2. The summed E-state index contributed by atoms with van der Waals surface area (Å²) in [6.45, 7) is 4.18. The van der Waals surface area contributed by atoms with Crippen molar-refractivity contribution < 1.29 is 4.74 Å². The number of rotatable bonds is 2. The maximum absolute atomic E-state index is 5.43. The topological polar surface area (TPSA) is 39.4 Å². The number of ether oxygens (including phenoxy) is 1. The van der Waals surface area contributed by atoms with Crippen LogP contribution in [-0.2, 0) is 0 Å². The van der Waals surface area contributed by atoms with E-state index in [2.05, 4.69) is 24.3 Å². The molecule has 2 aromatic heterocycles. The number of imidazole rings is 1. The molecule has 0 bridgehead atoms. The maximum atomic E-state index is 5.43. The molecule has 23 heavy (non-hydrogen) atoms. The van der Waals surface area contributed by atoms with E-state index in [9.17, 15) is 0 Å². The van der Waals surface area contributed by atoms with E-state index in [1.165, 1.54) is 37.9 Å². The van der Waals surface area contributed by atoms with Crippen molar-refractivity contribution in [3.63, 3.8) is 0 Å². The molecule has 4 rings (SSSR count). The Kier molecular flexibility index (Phi) is 3.47. The Hall–Kier alpha value is -2.10. The highest BCUT2D eigenvalue weighted by Crippen LogP contribution is 2.35. The Balaban J connectivity index is 2.06. The van der Waals surface area contributed by atoms with Gasteiger partial charge in [-0.05, 0) is 38.8 Å². The van der Waals surface area contributed by atoms with Gasteiger partial charge in [-0.2, -0.15) is 0 Å². The molecular formula is C19H23N3O. The zero-order chi connectivity index (χ0) is 16.0. The molecule has 0 spiro atoms. The number of hydrogen-bond donors (Lipinski definition) is 0. The van der Waals surface area contributed by atoms with Crippen molar-refractivity contribution in [3.8, 4) is 5.75 Å². The van der Waals surface area contributed by atoms with E-state index < -0.39 is 0 Å². The summed E-state index contributed by atoms with van der Waals surface area (Å²) in [5.74, 6) is 2.63. The van der Waals surface area contributed by atoms with Crippen LogP contribution in [0.25, 0.3) is 16.6 Å². The lowest BCUT2D eigenvalue weighted by molar-refractivity contribution is 0.415. The predicted molar refractivity (Wildman–Crippen MR) is 92.3 cm³/mol. The largest absolute Gasteiger partial charge is 0.497 e. The molecule has 1 fully saturated rings. The van der Waals surface area contributed by atoms with Crippen LogP contribution in [0.1, 0.15) is 55.2 Å². The van der Waals surface area contributed by atoms with Crippen LogP contribution in [-0.4, -0.2) is 21.5 Å². The first-order valence-corrected chi connectivity index (χ1v) is 8.52. The first-order chi connectivity index (χ1) is 11.2. The Labute approximate surface area is 136 Å². The standard InChI is InChI=1S/C19H23N3O/c1-12-18-13(2)21-19(14-7-5-4-6-8-14)22(18)17-11-15(23-3)9-10-16(17)20-12/h9-11,14H,4-8H2,1-3H3. The molecule has 1 saturated carbocycles.